The van der Waals surface area contributed by atoms with Crippen LogP contribution in [0.2, 0.25) is 0 Å². The standard InChI is InChI=1S/C11H14O2/c1-3-4-5-6-9-8(2)10(12)7-11(9)13/h3-5,10,12H,1,6-7H2,2H3/t10-/m1/s1. The number of aliphatic hydroxyl groups is 1. The molecular weight excluding hydrogens is 164 g/mol. The van der Waals surface area contributed by atoms with Crippen molar-refractivity contribution >= 4 is 5.78 Å². The minimum absolute atomic E-state index is 0.0683. The monoisotopic (exact) mass is 178 g/mol. The molecule has 13 heavy (non-hydrogen) atoms. The third-order valence-corrected chi connectivity index (χ3v) is 2.29. The fourth-order valence-corrected chi connectivity index (χ4v) is 1.43. The molecule has 0 aromatic rings. The Morgan fingerprint density at radius 3 is 2.85 bits per heavy atom. The third kappa shape index (κ3) is 2.16. The van der Waals surface area contributed by atoms with Crippen LogP contribution in [0.3, 0.4) is 0 Å². The summed E-state index contributed by atoms with van der Waals surface area (Å²) >= 11 is 0. The molecule has 2 nitrogen and oxygen atoms in total. The summed E-state index contributed by atoms with van der Waals surface area (Å²) < 4.78 is 0. The van der Waals surface area contributed by atoms with Crippen molar-refractivity contribution in [3.05, 3.63) is 36.0 Å². The van der Waals surface area contributed by atoms with Crippen LogP contribution < -0.4 is 0 Å². The summed E-state index contributed by atoms with van der Waals surface area (Å²) in [6, 6.07) is 0. The summed E-state index contributed by atoms with van der Waals surface area (Å²) in [6.45, 7) is 5.35. The van der Waals surface area contributed by atoms with Gasteiger partial charge in [0.25, 0.3) is 0 Å². The van der Waals surface area contributed by atoms with Crippen LogP contribution in [0.1, 0.15) is 19.8 Å². The smallest absolute Gasteiger partial charge is 0.162 e. The van der Waals surface area contributed by atoms with Gasteiger partial charge in [-0.2, -0.15) is 0 Å². The molecule has 0 saturated carbocycles. The maximum atomic E-state index is 11.3. The zero-order valence-corrected chi connectivity index (χ0v) is 7.79. The molecule has 0 aromatic heterocycles. The number of hydrogen-bond acceptors (Lipinski definition) is 2. The number of aliphatic hydroxyl groups excluding tert-OH is 1. The second-order valence-electron chi connectivity index (χ2n) is 3.17. The van der Waals surface area contributed by atoms with E-state index in [9.17, 15) is 9.90 Å². The van der Waals surface area contributed by atoms with Crippen molar-refractivity contribution in [2.24, 2.45) is 0 Å². The molecule has 1 N–H and O–H groups in total. The highest BCUT2D eigenvalue weighted by Gasteiger charge is 2.26. The quantitative estimate of drug-likeness (QED) is 0.669. The van der Waals surface area contributed by atoms with Crippen LogP contribution in [0.4, 0.5) is 0 Å². The number of Topliss-reactive ketones (excluding diaryl/α,β-unsaturated/α-hetero) is 1. The molecule has 1 aliphatic carbocycles. The average molecular weight is 178 g/mol. The lowest BCUT2D eigenvalue weighted by Crippen LogP contribution is -2.03. The highest BCUT2D eigenvalue weighted by Crippen LogP contribution is 2.25. The highest BCUT2D eigenvalue weighted by atomic mass is 16.3. The maximum absolute atomic E-state index is 11.3. The first kappa shape index (κ1) is 9.93. The molecule has 0 bridgehead atoms. The number of ketones is 1. The predicted molar refractivity (Wildman–Crippen MR) is 52.3 cm³/mol. The van der Waals surface area contributed by atoms with Gasteiger partial charge in [0.1, 0.15) is 0 Å². The van der Waals surface area contributed by atoms with Gasteiger partial charge in [-0.1, -0.05) is 24.8 Å². The van der Waals surface area contributed by atoms with E-state index < -0.39 is 6.10 Å². The van der Waals surface area contributed by atoms with E-state index in [-0.39, 0.29) is 12.2 Å². The van der Waals surface area contributed by atoms with E-state index in [0.717, 1.165) is 11.1 Å². The Kier molecular flexibility index (Phi) is 3.20. The molecule has 0 heterocycles. The van der Waals surface area contributed by atoms with Gasteiger partial charge in [0.2, 0.25) is 0 Å². The van der Waals surface area contributed by atoms with Crippen LogP contribution in [0, 0.1) is 0 Å². The van der Waals surface area contributed by atoms with Crippen molar-refractivity contribution < 1.29 is 9.90 Å². The molecule has 0 amide bonds. The van der Waals surface area contributed by atoms with Gasteiger partial charge in [0.05, 0.1) is 6.10 Å². The lowest BCUT2D eigenvalue weighted by atomic mass is 10.1. The average Bonchev–Trinajstić information content (AvgIpc) is 2.32. The molecule has 0 aliphatic heterocycles. The summed E-state index contributed by atoms with van der Waals surface area (Å²) in [6.07, 6.45) is 5.66. The number of carbonyl (C=O) groups is 1. The molecular formula is C11H14O2. The normalized spacial score (nSPS) is 23.2. The Balaban J connectivity index is 2.72. The molecule has 0 aromatic carbocycles. The van der Waals surface area contributed by atoms with Crippen molar-refractivity contribution in [2.75, 3.05) is 0 Å². The van der Waals surface area contributed by atoms with Gasteiger partial charge < -0.3 is 5.11 Å². The zero-order valence-electron chi connectivity index (χ0n) is 7.79. The lowest BCUT2D eigenvalue weighted by molar-refractivity contribution is -0.115. The van der Waals surface area contributed by atoms with Crippen molar-refractivity contribution in [2.45, 2.75) is 25.9 Å². The first-order chi connectivity index (χ1) is 6.16. The van der Waals surface area contributed by atoms with Gasteiger partial charge in [0.15, 0.2) is 5.78 Å². The minimum atomic E-state index is -0.556. The molecule has 0 spiro atoms. The fraction of sp³-hybridized carbons (Fsp3) is 0.364. The van der Waals surface area contributed by atoms with Crippen molar-refractivity contribution in [1.29, 1.82) is 0 Å². The SMILES string of the molecule is C=CC=CCC1=C(C)[C@H](O)CC1=O. The maximum Gasteiger partial charge on any atom is 0.162 e. The Bertz CT molecular complexity index is 284. The third-order valence-electron chi connectivity index (χ3n) is 2.29. The molecule has 1 rings (SSSR count). The topological polar surface area (TPSA) is 37.3 Å². The Labute approximate surface area is 78.3 Å². The first-order valence-electron chi connectivity index (χ1n) is 4.35. The number of carbonyl (C=O) groups excluding carboxylic acids is 1. The van der Waals surface area contributed by atoms with Crippen molar-refractivity contribution in [1.82, 2.24) is 0 Å². The van der Waals surface area contributed by atoms with E-state index in [1.165, 1.54) is 0 Å². The van der Waals surface area contributed by atoms with Gasteiger partial charge in [0, 0.05) is 12.0 Å². The van der Waals surface area contributed by atoms with Crippen LogP contribution in [0.25, 0.3) is 0 Å². The minimum Gasteiger partial charge on any atom is -0.388 e. The van der Waals surface area contributed by atoms with Gasteiger partial charge in [-0.05, 0) is 18.9 Å². The van der Waals surface area contributed by atoms with Gasteiger partial charge in [-0.15, -0.1) is 0 Å². The molecule has 70 valence electrons. The molecule has 1 aliphatic rings. The van der Waals surface area contributed by atoms with Crippen LogP contribution in [0.5, 0.6) is 0 Å². The van der Waals surface area contributed by atoms with Crippen LogP contribution >= 0.6 is 0 Å². The van der Waals surface area contributed by atoms with E-state index in [1.807, 2.05) is 13.0 Å². The van der Waals surface area contributed by atoms with Gasteiger partial charge >= 0.3 is 0 Å². The van der Waals surface area contributed by atoms with Crippen LogP contribution in [-0.2, 0) is 4.79 Å². The summed E-state index contributed by atoms with van der Waals surface area (Å²) in [7, 11) is 0. The number of allylic oxidation sites excluding steroid dienone is 4. The number of rotatable bonds is 3. The molecule has 0 saturated heterocycles. The van der Waals surface area contributed by atoms with Crippen LogP contribution in [0.15, 0.2) is 36.0 Å². The Morgan fingerprint density at radius 2 is 2.38 bits per heavy atom. The molecule has 0 unspecified atom stereocenters. The first-order valence-corrected chi connectivity index (χ1v) is 4.35. The van der Waals surface area contributed by atoms with E-state index in [4.69, 9.17) is 0 Å². The Hall–Kier alpha value is -1.15. The molecule has 0 fully saturated rings. The van der Waals surface area contributed by atoms with E-state index >= 15 is 0 Å². The number of hydrogen-bond donors (Lipinski definition) is 1. The summed E-state index contributed by atoms with van der Waals surface area (Å²) in [5.74, 6) is 0.0683. The van der Waals surface area contributed by atoms with E-state index in [2.05, 4.69) is 6.58 Å². The molecule has 0 radical (unpaired) electrons. The van der Waals surface area contributed by atoms with Crippen molar-refractivity contribution in [3.63, 3.8) is 0 Å². The summed E-state index contributed by atoms with van der Waals surface area (Å²) in [5.41, 5.74) is 1.57. The predicted octanol–water partition coefficient (Wildman–Crippen LogP) is 1.77. The largest absolute Gasteiger partial charge is 0.388 e. The summed E-state index contributed by atoms with van der Waals surface area (Å²) in [4.78, 5) is 11.3. The fourth-order valence-electron chi connectivity index (χ4n) is 1.43. The second kappa shape index (κ2) is 4.19. The molecule has 1 atom stereocenters. The van der Waals surface area contributed by atoms with Crippen molar-refractivity contribution in [3.8, 4) is 0 Å². The van der Waals surface area contributed by atoms with E-state index in [1.54, 1.807) is 12.2 Å². The molecule has 2 heteroatoms. The highest BCUT2D eigenvalue weighted by molar-refractivity contribution is 5.99. The lowest BCUT2D eigenvalue weighted by Gasteiger charge is -1.99. The van der Waals surface area contributed by atoms with Crippen LogP contribution in [-0.4, -0.2) is 17.0 Å². The van der Waals surface area contributed by atoms with E-state index in [0.29, 0.717) is 6.42 Å². The van der Waals surface area contributed by atoms with Gasteiger partial charge in [-0.25, -0.2) is 0 Å². The Morgan fingerprint density at radius 1 is 1.69 bits per heavy atom. The zero-order chi connectivity index (χ0) is 9.84. The summed E-state index contributed by atoms with van der Waals surface area (Å²) in [5, 5.41) is 9.37. The second-order valence-corrected chi connectivity index (χ2v) is 3.17. The van der Waals surface area contributed by atoms with Gasteiger partial charge in [-0.3, -0.25) is 4.79 Å².